The van der Waals surface area contributed by atoms with Gasteiger partial charge in [0.25, 0.3) is 6.01 Å². The summed E-state index contributed by atoms with van der Waals surface area (Å²) in [6.45, 7) is 6.11. The van der Waals surface area contributed by atoms with Crippen LogP contribution in [0.5, 0.6) is 0 Å². The molecule has 27 heavy (non-hydrogen) atoms. The van der Waals surface area contributed by atoms with Crippen molar-refractivity contribution in [2.24, 2.45) is 5.41 Å². The van der Waals surface area contributed by atoms with Crippen LogP contribution in [-0.4, -0.2) is 67.6 Å². The molecule has 1 spiro atoms. The Hall–Kier alpha value is -2.12. The summed E-state index contributed by atoms with van der Waals surface area (Å²) in [5.74, 6) is 0.266. The molecule has 7 heteroatoms. The monoisotopic (exact) mass is 369 g/mol. The number of carbonyl (C=O) groups is 1. The van der Waals surface area contributed by atoms with E-state index in [1.54, 1.807) is 0 Å². The number of carbonyl (C=O) groups excluding carboxylic acids is 1. The molecule has 7 nitrogen and oxygen atoms in total. The fourth-order valence-corrected chi connectivity index (χ4v) is 4.76. The van der Waals surface area contributed by atoms with E-state index in [1.165, 1.54) is 12.8 Å². The number of nitrogens with zero attached hydrogens (tertiary/aromatic N) is 3. The number of piperidine rings is 1. The fourth-order valence-electron chi connectivity index (χ4n) is 4.76. The zero-order valence-electron chi connectivity index (χ0n) is 15.6. The molecule has 3 saturated heterocycles. The van der Waals surface area contributed by atoms with E-state index in [-0.39, 0.29) is 11.9 Å². The first-order valence-electron chi connectivity index (χ1n) is 10.1. The van der Waals surface area contributed by atoms with Crippen LogP contribution < -0.4 is 15.5 Å². The Bertz CT molecular complexity index is 788. The summed E-state index contributed by atoms with van der Waals surface area (Å²) in [6, 6.07) is 8.47. The predicted octanol–water partition coefficient (Wildman–Crippen LogP) is 1.21. The Morgan fingerprint density at radius 1 is 1.15 bits per heavy atom. The molecule has 1 atom stereocenters. The maximum Gasteiger partial charge on any atom is 0.298 e. The van der Waals surface area contributed by atoms with Crippen LogP contribution in [0.1, 0.15) is 19.3 Å². The van der Waals surface area contributed by atoms with Gasteiger partial charge >= 0.3 is 0 Å². The molecule has 1 aromatic heterocycles. The second kappa shape index (κ2) is 6.80. The van der Waals surface area contributed by atoms with Crippen LogP contribution in [0.15, 0.2) is 28.7 Å². The quantitative estimate of drug-likeness (QED) is 0.829. The number of piperazine rings is 1. The molecule has 0 radical (unpaired) electrons. The molecule has 144 valence electrons. The highest BCUT2D eigenvalue weighted by Crippen LogP contribution is 2.37. The van der Waals surface area contributed by atoms with Crippen molar-refractivity contribution in [2.45, 2.75) is 25.3 Å². The van der Waals surface area contributed by atoms with E-state index in [0.717, 1.165) is 63.3 Å². The molecule has 1 aromatic carbocycles. The molecule has 2 N–H and O–H groups in total. The van der Waals surface area contributed by atoms with E-state index >= 15 is 0 Å². The van der Waals surface area contributed by atoms with Crippen molar-refractivity contribution in [2.75, 3.05) is 50.7 Å². The van der Waals surface area contributed by atoms with Crippen LogP contribution in [0, 0.1) is 5.41 Å². The number of rotatable bonds is 2. The third-order valence-corrected chi connectivity index (χ3v) is 6.47. The lowest BCUT2D eigenvalue weighted by molar-refractivity contribution is -0.133. The number of amides is 1. The lowest BCUT2D eigenvalue weighted by Gasteiger charge is -2.36. The van der Waals surface area contributed by atoms with Gasteiger partial charge in [0.2, 0.25) is 5.91 Å². The second-order valence-corrected chi connectivity index (χ2v) is 8.16. The average Bonchev–Trinajstić information content (AvgIpc) is 3.33. The Kier molecular flexibility index (Phi) is 4.28. The van der Waals surface area contributed by atoms with Gasteiger partial charge in [0.05, 0.1) is 6.04 Å². The van der Waals surface area contributed by atoms with Crippen LogP contribution >= 0.6 is 0 Å². The number of para-hydroxylation sites is 2. The molecule has 0 bridgehead atoms. The number of fused-ring (bicyclic) bond motifs is 1. The van der Waals surface area contributed by atoms with E-state index in [4.69, 9.17) is 4.42 Å². The standard InChI is InChI=1S/C20H27N5O2/c26-18(16-13-20(14-22-16)5-7-21-8-6-20)24-9-11-25(12-10-24)19-23-15-3-1-2-4-17(15)27-19/h1-4,16,21-22H,5-14H2/t16-/m0/s1. The molecule has 2 aromatic rings. The topological polar surface area (TPSA) is 73.6 Å². The maximum absolute atomic E-state index is 13.0. The predicted molar refractivity (Wildman–Crippen MR) is 104 cm³/mol. The summed E-state index contributed by atoms with van der Waals surface area (Å²) in [4.78, 5) is 21.7. The lowest BCUT2D eigenvalue weighted by atomic mass is 9.77. The van der Waals surface area contributed by atoms with Gasteiger partial charge in [-0.15, -0.1) is 0 Å². The van der Waals surface area contributed by atoms with Crippen LogP contribution in [0.25, 0.3) is 11.1 Å². The van der Waals surface area contributed by atoms with Gasteiger partial charge in [0, 0.05) is 32.7 Å². The maximum atomic E-state index is 13.0. The van der Waals surface area contributed by atoms with Crippen LogP contribution in [0.3, 0.4) is 0 Å². The zero-order chi connectivity index (χ0) is 18.3. The third-order valence-electron chi connectivity index (χ3n) is 6.47. The van der Waals surface area contributed by atoms with Crippen LogP contribution in [0.4, 0.5) is 6.01 Å². The molecule has 3 aliphatic rings. The minimum Gasteiger partial charge on any atom is -0.423 e. The highest BCUT2D eigenvalue weighted by Gasteiger charge is 2.43. The van der Waals surface area contributed by atoms with E-state index in [1.807, 2.05) is 29.2 Å². The summed E-state index contributed by atoms with van der Waals surface area (Å²) in [5, 5.41) is 6.94. The SMILES string of the molecule is O=C([C@@H]1CC2(CCNCC2)CN1)N1CCN(c2nc3ccccc3o2)CC1. The highest BCUT2D eigenvalue weighted by molar-refractivity contribution is 5.82. The van der Waals surface area contributed by atoms with E-state index < -0.39 is 0 Å². The summed E-state index contributed by atoms with van der Waals surface area (Å²) in [6.07, 6.45) is 3.34. The molecule has 1 amide bonds. The molecule has 0 unspecified atom stereocenters. The van der Waals surface area contributed by atoms with Crippen molar-refractivity contribution < 1.29 is 9.21 Å². The van der Waals surface area contributed by atoms with Crippen molar-refractivity contribution in [3.05, 3.63) is 24.3 Å². The smallest absolute Gasteiger partial charge is 0.298 e. The van der Waals surface area contributed by atoms with Gasteiger partial charge in [0.1, 0.15) is 5.52 Å². The first-order valence-corrected chi connectivity index (χ1v) is 10.1. The summed E-state index contributed by atoms with van der Waals surface area (Å²) in [7, 11) is 0. The van der Waals surface area contributed by atoms with E-state index in [9.17, 15) is 4.79 Å². The van der Waals surface area contributed by atoms with Gasteiger partial charge < -0.3 is 24.9 Å². The summed E-state index contributed by atoms with van der Waals surface area (Å²) >= 11 is 0. The van der Waals surface area contributed by atoms with Crippen molar-refractivity contribution >= 4 is 23.0 Å². The fraction of sp³-hybridized carbons (Fsp3) is 0.600. The van der Waals surface area contributed by atoms with Crippen molar-refractivity contribution in [3.63, 3.8) is 0 Å². The number of benzene rings is 1. The largest absolute Gasteiger partial charge is 0.423 e. The summed E-state index contributed by atoms with van der Waals surface area (Å²) in [5.41, 5.74) is 2.02. The molecule has 5 rings (SSSR count). The first kappa shape index (κ1) is 17.0. The lowest BCUT2D eigenvalue weighted by Crippen LogP contribution is -2.53. The first-order chi connectivity index (χ1) is 13.2. The third kappa shape index (κ3) is 3.19. The van der Waals surface area contributed by atoms with Crippen molar-refractivity contribution in [3.8, 4) is 0 Å². The van der Waals surface area contributed by atoms with Gasteiger partial charge in [-0.2, -0.15) is 4.98 Å². The number of hydrogen-bond donors (Lipinski definition) is 2. The number of hydrogen-bond acceptors (Lipinski definition) is 6. The van der Waals surface area contributed by atoms with E-state index in [0.29, 0.717) is 11.4 Å². The van der Waals surface area contributed by atoms with Crippen molar-refractivity contribution in [1.29, 1.82) is 0 Å². The van der Waals surface area contributed by atoms with Gasteiger partial charge in [0.15, 0.2) is 5.58 Å². The normalized spacial score (nSPS) is 25.4. The van der Waals surface area contributed by atoms with Gasteiger partial charge in [-0.3, -0.25) is 4.79 Å². The average molecular weight is 369 g/mol. The Morgan fingerprint density at radius 3 is 2.70 bits per heavy atom. The van der Waals surface area contributed by atoms with Gasteiger partial charge in [-0.25, -0.2) is 0 Å². The minimum absolute atomic E-state index is 0.0148. The highest BCUT2D eigenvalue weighted by atomic mass is 16.4. The number of oxazole rings is 1. The van der Waals surface area contributed by atoms with Gasteiger partial charge in [-0.1, -0.05) is 12.1 Å². The second-order valence-electron chi connectivity index (χ2n) is 8.16. The van der Waals surface area contributed by atoms with Crippen molar-refractivity contribution in [1.82, 2.24) is 20.5 Å². The molecular formula is C20H27N5O2. The molecular weight excluding hydrogens is 342 g/mol. The number of aromatic nitrogens is 1. The Labute approximate surface area is 159 Å². The molecule has 0 saturated carbocycles. The van der Waals surface area contributed by atoms with E-state index in [2.05, 4.69) is 20.5 Å². The molecule has 3 aliphatic heterocycles. The van der Waals surface area contributed by atoms with Gasteiger partial charge in [-0.05, 0) is 49.9 Å². The van der Waals surface area contributed by atoms with Crippen LogP contribution in [0.2, 0.25) is 0 Å². The molecule has 3 fully saturated rings. The minimum atomic E-state index is -0.0148. The Balaban J connectivity index is 1.19. The molecule has 0 aliphatic carbocycles. The molecule has 4 heterocycles. The van der Waals surface area contributed by atoms with Crippen LogP contribution in [-0.2, 0) is 4.79 Å². The zero-order valence-corrected chi connectivity index (χ0v) is 15.6. The number of anilines is 1. The summed E-state index contributed by atoms with van der Waals surface area (Å²) < 4.78 is 5.87. The number of nitrogens with one attached hydrogen (secondary N) is 2. The Morgan fingerprint density at radius 2 is 1.93 bits per heavy atom.